The number of ether oxygens (including phenoxy) is 1. The zero-order chi connectivity index (χ0) is 15.5. The van der Waals surface area contributed by atoms with Gasteiger partial charge < -0.3 is 9.64 Å². The summed E-state index contributed by atoms with van der Waals surface area (Å²) >= 11 is 6.27. The number of rotatable bonds is 3. The number of aryl methyl sites for hydroxylation is 1. The summed E-state index contributed by atoms with van der Waals surface area (Å²) in [5, 5.41) is 0.672. The highest BCUT2D eigenvalue weighted by Gasteiger charge is 2.27. The molecule has 2 aromatic carbocycles. The van der Waals surface area contributed by atoms with Crippen LogP contribution in [0.1, 0.15) is 30.1 Å². The van der Waals surface area contributed by atoms with Crippen LogP contribution in [-0.4, -0.2) is 25.0 Å². The van der Waals surface area contributed by atoms with Crippen LogP contribution in [0, 0.1) is 0 Å². The van der Waals surface area contributed by atoms with E-state index in [0.717, 1.165) is 25.0 Å². The van der Waals surface area contributed by atoms with E-state index in [-0.39, 0.29) is 6.10 Å². The van der Waals surface area contributed by atoms with E-state index in [1.54, 1.807) is 0 Å². The summed E-state index contributed by atoms with van der Waals surface area (Å²) in [6, 6.07) is 16.8. The van der Waals surface area contributed by atoms with Gasteiger partial charge in [0.2, 0.25) is 0 Å². The standard InChI is InChI=1S/C19H22ClNO/c1-21(2)15-12-11-14-7-3-4-8-16(14)19(13-15)22-18-10-6-5-9-17(18)20/h3-10,15,19H,11-13H2,1-2H3/t15-,19-/m1/s1. The molecule has 0 fully saturated rings. The lowest BCUT2D eigenvalue weighted by Gasteiger charge is -2.27. The molecule has 0 aromatic heterocycles. The smallest absolute Gasteiger partial charge is 0.138 e. The fraction of sp³-hybridized carbons (Fsp3) is 0.368. The van der Waals surface area contributed by atoms with E-state index in [1.165, 1.54) is 11.1 Å². The quantitative estimate of drug-likeness (QED) is 0.759. The van der Waals surface area contributed by atoms with Gasteiger partial charge in [-0.3, -0.25) is 0 Å². The van der Waals surface area contributed by atoms with Crippen LogP contribution in [0.15, 0.2) is 48.5 Å². The molecule has 0 amide bonds. The molecule has 0 N–H and O–H groups in total. The van der Waals surface area contributed by atoms with Gasteiger partial charge in [0.25, 0.3) is 0 Å². The Morgan fingerprint density at radius 3 is 2.55 bits per heavy atom. The van der Waals surface area contributed by atoms with Crippen LogP contribution in [0.3, 0.4) is 0 Å². The molecule has 2 nitrogen and oxygen atoms in total. The molecule has 3 heteroatoms. The molecule has 0 saturated heterocycles. The van der Waals surface area contributed by atoms with E-state index < -0.39 is 0 Å². The zero-order valence-corrected chi connectivity index (χ0v) is 13.9. The molecule has 2 atom stereocenters. The van der Waals surface area contributed by atoms with E-state index in [2.05, 4.69) is 43.3 Å². The van der Waals surface area contributed by atoms with E-state index >= 15 is 0 Å². The summed E-state index contributed by atoms with van der Waals surface area (Å²) in [5.74, 6) is 0.767. The minimum Gasteiger partial charge on any atom is -0.484 e. The van der Waals surface area contributed by atoms with E-state index in [9.17, 15) is 0 Å². The van der Waals surface area contributed by atoms with Gasteiger partial charge in [-0.25, -0.2) is 0 Å². The third kappa shape index (κ3) is 3.29. The minimum absolute atomic E-state index is 0.0472. The van der Waals surface area contributed by atoms with Crippen molar-refractivity contribution in [1.82, 2.24) is 4.90 Å². The summed E-state index contributed by atoms with van der Waals surface area (Å²) in [4.78, 5) is 2.30. The van der Waals surface area contributed by atoms with Gasteiger partial charge in [0.05, 0.1) is 5.02 Å². The van der Waals surface area contributed by atoms with Crippen molar-refractivity contribution in [2.24, 2.45) is 0 Å². The fourth-order valence-electron chi connectivity index (χ4n) is 3.16. The number of benzene rings is 2. The Morgan fingerprint density at radius 2 is 1.77 bits per heavy atom. The van der Waals surface area contributed by atoms with E-state index in [1.807, 2.05) is 24.3 Å². The third-order valence-electron chi connectivity index (χ3n) is 4.47. The van der Waals surface area contributed by atoms with Crippen LogP contribution in [0.25, 0.3) is 0 Å². The highest BCUT2D eigenvalue weighted by molar-refractivity contribution is 6.32. The lowest BCUT2D eigenvalue weighted by Crippen LogP contribution is -2.30. The number of hydrogen-bond acceptors (Lipinski definition) is 2. The summed E-state index contributed by atoms with van der Waals surface area (Å²) in [6.45, 7) is 0. The van der Waals surface area contributed by atoms with Crippen molar-refractivity contribution in [2.45, 2.75) is 31.4 Å². The highest BCUT2D eigenvalue weighted by Crippen LogP contribution is 2.36. The molecular formula is C19H22ClNO. The van der Waals surface area contributed by atoms with E-state index in [4.69, 9.17) is 16.3 Å². The summed E-state index contributed by atoms with van der Waals surface area (Å²) < 4.78 is 6.31. The first-order valence-electron chi connectivity index (χ1n) is 7.80. The van der Waals surface area contributed by atoms with Crippen molar-refractivity contribution < 1.29 is 4.74 Å². The van der Waals surface area contributed by atoms with Gasteiger partial charge in [-0.1, -0.05) is 48.0 Å². The SMILES string of the molecule is CN(C)[C@@H]1CCc2ccccc2[C@H](Oc2ccccc2Cl)C1. The second-order valence-electron chi connectivity index (χ2n) is 6.13. The minimum atomic E-state index is 0.0472. The van der Waals surface area contributed by atoms with Crippen molar-refractivity contribution in [3.63, 3.8) is 0 Å². The summed E-state index contributed by atoms with van der Waals surface area (Å²) in [6.07, 6.45) is 3.29. The van der Waals surface area contributed by atoms with Crippen LogP contribution >= 0.6 is 11.6 Å². The maximum absolute atomic E-state index is 6.31. The fourth-order valence-corrected chi connectivity index (χ4v) is 3.34. The number of fused-ring (bicyclic) bond motifs is 1. The normalized spacial score (nSPS) is 21.3. The van der Waals surface area contributed by atoms with Crippen LogP contribution < -0.4 is 4.74 Å². The topological polar surface area (TPSA) is 12.5 Å². The van der Waals surface area contributed by atoms with Gasteiger partial charge >= 0.3 is 0 Å². The molecule has 0 bridgehead atoms. The summed E-state index contributed by atoms with van der Waals surface area (Å²) in [5.41, 5.74) is 2.69. The van der Waals surface area contributed by atoms with Crippen molar-refractivity contribution in [1.29, 1.82) is 0 Å². The van der Waals surface area contributed by atoms with Gasteiger partial charge in [-0.15, -0.1) is 0 Å². The molecule has 0 unspecified atom stereocenters. The first-order chi connectivity index (χ1) is 10.6. The predicted molar refractivity (Wildman–Crippen MR) is 91.7 cm³/mol. The van der Waals surface area contributed by atoms with Crippen LogP contribution in [0.5, 0.6) is 5.75 Å². The number of hydrogen-bond donors (Lipinski definition) is 0. The van der Waals surface area contributed by atoms with E-state index in [0.29, 0.717) is 11.1 Å². The van der Waals surface area contributed by atoms with Crippen molar-refractivity contribution >= 4 is 11.6 Å². The second-order valence-corrected chi connectivity index (χ2v) is 6.53. The molecule has 0 aliphatic heterocycles. The third-order valence-corrected chi connectivity index (χ3v) is 4.78. The molecule has 1 aliphatic rings. The molecule has 1 aliphatic carbocycles. The average Bonchev–Trinajstić information content (AvgIpc) is 2.70. The molecule has 2 aromatic rings. The molecule has 0 saturated carbocycles. The van der Waals surface area contributed by atoms with Gasteiger partial charge in [0.15, 0.2) is 0 Å². The van der Waals surface area contributed by atoms with Gasteiger partial charge in [0.1, 0.15) is 11.9 Å². The van der Waals surface area contributed by atoms with Crippen molar-refractivity contribution in [2.75, 3.05) is 14.1 Å². The Labute approximate surface area is 137 Å². The molecule has 116 valence electrons. The molecule has 0 spiro atoms. The number of halogens is 1. The largest absolute Gasteiger partial charge is 0.484 e. The Bertz CT molecular complexity index is 641. The Balaban J connectivity index is 1.93. The Morgan fingerprint density at radius 1 is 1.05 bits per heavy atom. The number of nitrogens with zero attached hydrogens (tertiary/aromatic N) is 1. The average molecular weight is 316 g/mol. The maximum Gasteiger partial charge on any atom is 0.138 e. The molecule has 0 heterocycles. The lowest BCUT2D eigenvalue weighted by molar-refractivity contribution is 0.147. The van der Waals surface area contributed by atoms with Gasteiger partial charge in [-0.2, -0.15) is 0 Å². The van der Waals surface area contributed by atoms with Gasteiger partial charge in [-0.05, 0) is 50.2 Å². The van der Waals surface area contributed by atoms with Crippen LogP contribution in [-0.2, 0) is 6.42 Å². The first kappa shape index (κ1) is 15.4. The molecule has 0 radical (unpaired) electrons. The van der Waals surface area contributed by atoms with Crippen LogP contribution in [0.4, 0.5) is 0 Å². The first-order valence-corrected chi connectivity index (χ1v) is 8.18. The Hall–Kier alpha value is -1.51. The summed E-state index contributed by atoms with van der Waals surface area (Å²) in [7, 11) is 4.29. The van der Waals surface area contributed by atoms with Gasteiger partial charge in [0, 0.05) is 12.5 Å². The predicted octanol–water partition coefficient (Wildman–Crippen LogP) is 4.73. The van der Waals surface area contributed by atoms with Crippen LogP contribution in [0.2, 0.25) is 5.02 Å². The highest BCUT2D eigenvalue weighted by atomic mass is 35.5. The monoisotopic (exact) mass is 315 g/mol. The van der Waals surface area contributed by atoms with Crippen molar-refractivity contribution in [3.8, 4) is 5.75 Å². The number of para-hydroxylation sites is 1. The lowest BCUT2D eigenvalue weighted by atomic mass is 10.0. The maximum atomic E-state index is 6.31. The Kier molecular flexibility index (Phi) is 4.70. The zero-order valence-electron chi connectivity index (χ0n) is 13.1. The molecular weight excluding hydrogens is 294 g/mol. The van der Waals surface area contributed by atoms with Crippen molar-refractivity contribution in [3.05, 3.63) is 64.7 Å². The molecule has 3 rings (SSSR count). The molecule has 22 heavy (non-hydrogen) atoms. The second kappa shape index (κ2) is 6.72.